The van der Waals surface area contributed by atoms with Crippen molar-refractivity contribution in [1.29, 1.82) is 0 Å². The molecule has 1 rings (SSSR count). The van der Waals surface area contributed by atoms with Gasteiger partial charge in [0, 0.05) is 12.1 Å². The fourth-order valence-electron chi connectivity index (χ4n) is 2.16. The van der Waals surface area contributed by atoms with Crippen LogP contribution in [-0.4, -0.2) is 6.04 Å². The monoisotopic (exact) mass is 233 g/mol. The predicted octanol–water partition coefficient (Wildman–Crippen LogP) is 4.61. The Kier molecular flexibility index (Phi) is 6.28. The standard InChI is InChI=1S/C16H27N/c1-5-7-8-16(6-2)17-14(4)15-11-9-13(3)10-12-15/h9-12,14,16-17H,5-8H2,1-4H3/t14-,16?/m1/s1. The molecular formula is C16H27N. The summed E-state index contributed by atoms with van der Waals surface area (Å²) < 4.78 is 0. The van der Waals surface area contributed by atoms with E-state index < -0.39 is 0 Å². The molecule has 0 aromatic heterocycles. The number of aryl methyl sites for hydroxylation is 1. The second-order valence-electron chi connectivity index (χ2n) is 5.05. The fraction of sp³-hybridized carbons (Fsp3) is 0.625. The molecule has 0 radical (unpaired) electrons. The second-order valence-corrected chi connectivity index (χ2v) is 5.05. The van der Waals surface area contributed by atoms with Gasteiger partial charge in [-0.25, -0.2) is 0 Å². The summed E-state index contributed by atoms with van der Waals surface area (Å²) in [5, 5.41) is 3.74. The molecule has 1 unspecified atom stereocenters. The third kappa shape index (κ3) is 4.91. The van der Waals surface area contributed by atoms with Gasteiger partial charge in [0.2, 0.25) is 0 Å². The highest BCUT2D eigenvalue weighted by molar-refractivity contribution is 5.23. The van der Waals surface area contributed by atoms with Gasteiger partial charge in [0.1, 0.15) is 0 Å². The summed E-state index contributed by atoms with van der Waals surface area (Å²) in [5.41, 5.74) is 2.73. The minimum atomic E-state index is 0.456. The lowest BCUT2D eigenvalue weighted by molar-refractivity contribution is 0.410. The van der Waals surface area contributed by atoms with E-state index >= 15 is 0 Å². The molecule has 1 nitrogen and oxygen atoms in total. The van der Waals surface area contributed by atoms with Gasteiger partial charge in [-0.15, -0.1) is 0 Å². The van der Waals surface area contributed by atoms with E-state index in [0.717, 1.165) is 0 Å². The Hall–Kier alpha value is -0.820. The molecular weight excluding hydrogens is 206 g/mol. The zero-order chi connectivity index (χ0) is 12.7. The quantitative estimate of drug-likeness (QED) is 0.725. The minimum absolute atomic E-state index is 0.456. The molecule has 17 heavy (non-hydrogen) atoms. The molecule has 0 saturated carbocycles. The van der Waals surface area contributed by atoms with Gasteiger partial charge < -0.3 is 5.32 Å². The second kappa shape index (κ2) is 7.50. The summed E-state index contributed by atoms with van der Waals surface area (Å²) in [4.78, 5) is 0. The third-order valence-electron chi connectivity index (χ3n) is 3.46. The number of nitrogens with one attached hydrogen (secondary N) is 1. The van der Waals surface area contributed by atoms with E-state index in [2.05, 4.69) is 57.3 Å². The number of benzene rings is 1. The SMILES string of the molecule is CCCCC(CC)N[C@H](C)c1ccc(C)cc1. The molecule has 1 heteroatoms. The van der Waals surface area contributed by atoms with Crippen LogP contribution in [0.5, 0.6) is 0 Å². The van der Waals surface area contributed by atoms with Gasteiger partial charge in [0.05, 0.1) is 0 Å². The first-order valence-corrected chi connectivity index (χ1v) is 7.00. The van der Waals surface area contributed by atoms with Crippen molar-refractivity contribution in [2.24, 2.45) is 0 Å². The topological polar surface area (TPSA) is 12.0 Å². The molecule has 0 bridgehead atoms. The van der Waals surface area contributed by atoms with E-state index in [4.69, 9.17) is 0 Å². The van der Waals surface area contributed by atoms with Crippen molar-refractivity contribution in [2.75, 3.05) is 0 Å². The van der Waals surface area contributed by atoms with Gasteiger partial charge in [0.15, 0.2) is 0 Å². The van der Waals surface area contributed by atoms with Crippen LogP contribution in [0, 0.1) is 6.92 Å². The van der Waals surface area contributed by atoms with E-state index in [1.54, 1.807) is 0 Å². The van der Waals surface area contributed by atoms with E-state index in [1.165, 1.54) is 36.8 Å². The third-order valence-corrected chi connectivity index (χ3v) is 3.46. The molecule has 0 aliphatic carbocycles. The number of hydrogen-bond donors (Lipinski definition) is 1. The highest BCUT2D eigenvalue weighted by atomic mass is 14.9. The van der Waals surface area contributed by atoms with E-state index in [-0.39, 0.29) is 0 Å². The van der Waals surface area contributed by atoms with Crippen LogP contribution in [0.1, 0.15) is 63.6 Å². The van der Waals surface area contributed by atoms with Crippen LogP contribution in [0.15, 0.2) is 24.3 Å². The molecule has 0 spiro atoms. The Morgan fingerprint density at radius 3 is 2.29 bits per heavy atom. The summed E-state index contributed by atoms with van der Waals surface area (Å²) >= 11 is 0. The lowest BCUT2D eigenvalue weighted by Gasteiger charge is -2.22. The Bertz CT molecular complexity index is 302. The average molecular weight is 233 g/mol. The van der Waals surface area contributed by atoms with Gasteiger partial charge in [-0.1, -0.05) is 56.5 Å². The zero-order valence-corrected chi connectivity index (χ0v) is 11.8. The summed E-state index contributed by atoms with van der Waals surface area (Å²) in [6, 6.07) is 9.98. The van der Waals surface area contributed by atoms with Crippen molar-refractivity contribution >= 4 is 0 Å². The van der Waals surface area contributed by atoms with Crippen molar-refractivity contribution in [3.8, 4) is 0 Å². The highest BCUT2D eigenvalue weighted by Gasteiger charge is 2.10. The predicted molar refractivity (Wildman–Crippen MR) is 76.3 cm³/mol. The maximum Gasteiger partial charge on any atom is 0.0294 e. The van der Waals surface area contributed by atoms with Crippen LogP contribution in [0.2, 0.25) is 0 Å². The van der Waals surface area contributed by atoms with E-state index in [9.17, 15) is 0 Å². The Morgan fingerprint density at radius 1 is 1.12 bits per heavy atom. The first kappa shape index (κ1) is 14.2. The van der Waals surface area contributed by atoms with Gasteiger partial charge in [-0.3, -0.25) is 0 Å². The Labute approximate surface area is 107 Å². The van der Waals surface area contributed by atoms with E-state index in [0.29, 0.717) is 12.1 Å². The van der Waals surface area contributed by atoms with Crippen LogP contribution in [0.25, 0.3) is 0 Å². The molecule has 0 heterocycles. The summed E-state index contributed by atoms with van der Waals surface area (Å²) in [5.74, 6) is 0. The van der Waals surface area contributed by atoms with Crippen LogP contribution in [0.3, 0.4) is 0 Å². The van der Waals surface area contributed by atoms with Crippen molar-refractivity contribution in [1.82, 2.24) is 5.32 Å². The minimum Gasteiger partial charge on any atom is -0.307 e. The van der Waals surface area contributed by atoms with Crippen LogP contribution >= 0.6 is 0 Å². The molecule has 1 aromatic carbocycles. The van der Waals surface area contributed by atoms with Gasteiger partial charge in [0.25, 0.3) is 0 Å². The molecule has 1 aromatic rings. The van der Waals surface area contributed by atoms with Crippen molar-refractivity contribution < 1.29 is 0 Å². The van der Waals surface area contributed by atoms with Crippen molar-refractivity contribution in [2.45, 2.75) is 65.5 Å². The van der Waals surface area contributed by atoms with E-state index in [1.807, 2.05) is 0 Å². The number of unbranched alkanes of at least 4 members (excludes halogenated alkanes) is 1. The Balaban J connectivity index is 2.51. The van der Waals surface area contributed by atoms with Crippen LogP contribution in [0.4, 0.5) is 0 Å². The molecule has 0 amide bonds. The lowest BCUT2D eigenvalue weighted by Crippen LogP contribution is -2.30. The largest absolute Gasteiger partial charge is 0.307 e. The number of rotatable bonds is 7. The van der Waals surface area contributed by atoms with Crippen LogP contribution in [-0.2, 0) is 0 Å². The smallest absolute Gasteiger partial charge is 0.0294 e. The van der Waals surface area contributed by atoms with Crippen molar-refractivity contribution in [3.63, 3.8) is 0 Å². The van der Waals surface area contributed by atoms with Gasteiger partial charge >= 0.3 is 0 Å². The normalized spacial score (nSPS) is 14.6. The fourth-order valence-corrected chi connectivity index (χ4v) is 2.16. The molecule has 0 fully saturated rings. The number of hydrogen-bond acceptors (Lipinski definition) is 1. The molecule has 96 valence electrons. The molecule has 2 atom stereocenters. The lowest BCUT2D eigenvalue weighted by atomic mass is 10.0. The Morgan fingerprint density at radius 2 is 1.76 bits per heavy atom. The molecule has 0 aliphatic heterocycles. The highest BCUT2D eigenvalue weighted by Crippen LogP contribution is 2.16. The average Bonchev–Trinajstić information content (AvgIpc) is 2.35. The molecule has 0 saturated heterocycles. The molecule has 0 aliphatic rings. The zero-order valence-electron chi connectivity index (χ0n) is 11.8. The summed E-state index contributed by atoms with van der Waals surface area (Å²) in [7, 11) is 0. The maximum absolute atomic E-state index is 3.74. The maximum atomic E-state index is 3.74. The summed E-state index contributed by atoms with van der Waals surface area (Å²) in [6.45, 7) is 8.93. The first-order valence-electron chi connectivity index (χ1n) is 7.00. The molecule has 1 N–H and O–H groups in total. The van der Waals surface area contributed by atoms with Crippen LogP contribution < -0.4 is 5.32 Å². The van der Waals surface area contributed by atoms with Gasteiger partial charge in [-0.05, 0) is 32.3 Å². The summed E-state index contributed by atoms with van der Waals surface area (Å²) in [6.07, 6.45) is 5.13. The van der Waals surface area contributed by atoms with Gasteiger partial charge in [-0.2, -0.15) is 0 Å². The first-order chi connectivity index (χ1) is 8.17. The van der Waals surface area contributed by atoms with Crippen molar-refractivity contribution in [3.05, 3.63) is 35.4 Å².